The molecular formula is C14H17N3. The Kier molecular flexibility index (Phi) is 2.59. The van der Waals surface area contributed by atoms with Gasteiger partial charge in [-0.2, -0.15) is 0 Å². The molecule has 0 radical (unpaired) electrons. The molecule has 0 amide bonds. The highest BCUT2D eigenvalue weighted by Crippen LogP contribution is 2.35. The Morgan fingerprint density at radius 1 is 1.41 bits per heavy atom. The van der Waals surface area contributed by atoms with E-state index in [1.54, 1.807) is 0 Å². The summed E-state index contributed by atoms with van der Waals surface area (Å²) < 4.78 is 0. The maximum atomic E-state index is 4.35. The molecule has 2 heterocycles. The van der Waals surface area contributed by atoms with E-state index in [-0.39, 0.29) is 0 Å². The predicted molar refractivity (Wildman–Crippen MR) is 70.5 cm³/mol. The number of allylic oxidation sites excluding steroid dienone is 2. The summed E-state index contributed by atoms with van der Waals surface area (Å²) in [7, 11) is 0. The van der Waals surface area contributed by atoms with Crippen molar-refractivity contribution in [2.24, 2.45) is 0 Å². The minimum Gasteiger partial charge on any atom is -0.388 e. The zero-order valence-electron chi connectivity index (χ0n) is 10.1. The molecule has 0 aromatic carbocycles. The fourth-order valence-electron chi connectivity index (χ4n) is 2.66. The van der Waals surface area contributed by atoms with E-state index in [1.807, 2.05) is 12.3 Å². The third kappa shape index (κ3) is 1.71. The van der Waals surface area contributed by atoms with Crippen molar-refractivity contribution in [3.05, 3.63) is 35.8 Å². The van der Waals surface area contributed by atoms with Crippen LogP contribution in [0, 0.1) is 0 Å². The second kappa shape index (κ2) is 4.24. The maximum Gasteiger partial charge on any atom is 0.137 e. The van der Waals surface area contributed by atoms with Crippen LogP contribution in [0.1, 0.15) is 31.7 Å². The van der Waals surface area contributed by atoms with Crippen molar-refractivity contribution in [1.29, 1.82) is 0 Å². The summed E-state index contributed by atoms with van der Waals surface area (Å²) in [6.45, 7) is 3.15. The van der Waals surface area contributed by atoms with E-state index in [4.69, 9.17) is 0 Å². The molecule has 2 aromatic heterocycles. The van der Waals surface area contributed by atoms with E-state index in [9.17, 15) is 0 Å². The van der Waals surface area contributed by atoms with Gasteiger partial charge in [0.15, 0.2) is 0 Å². The van der Waals surface area contributed by atoms with Gasteiger partial charge in [0, 0.05) is 35.6 Å². The summed E-state index contributed by atoms with van der Waals surface area (Å²) in [5.41, 5.74) is 5.18. The predicted octanol–water partition coefficient (Wildman–Crippen LogP) is 3.07. The summed E-state index contributed by atoms with van der Waals surface area (Å²) in [5.74, 6) is 0. The topological polar surface area (TPSA) is 40.7 Å². The highest BCUT2D eigenvalue weighted by Gasteiger charge is 2.18. The molecule has 0 saturated carbocycles. The zero-order valence-corrected chi connectivity index (χ0v) is 10.1. The van der Waals surface area contributed by atoms with E-state index in [0.717, 1.165) is 12.2 Å². The minimum atomic E-state index is 0.984. The molecule has 3 nitrogen and oxygen atoms in total. The molecule has 0 bridgehead atoms. The average Bonchev–Trinajstić information content (AvgIpc) is 2.95. The Balaban J connectivity index is 2.11. The first-order valence-corrected chi connectivity index (χ1v) is 6.28. The fraction of sp³-hybridized carbons (Fsp3) is 0.357. The fourth-order valence-corrected chi connectivity index (χ4v) is 2.66. The lowest BCUT2D eigenvalue weighted by Crippen LogP contribution is -2.11. The van der Waals surface area contributed by atoms with E-state index >= 15 is 0 Å². The molecule has 2 N–H and O–H groups in total. The molecule has 0 atom stereocenters. The second-order valence-corrected chi connectivity index (χ2v) is 4.44. The van der Waals surface area contributed by atoms with Gasteiger partial charge < -0.3 is 10.3 Å². The molecule has 0 unspecified atom stereocenters. The molecule has 0 saturated heterocycles. The number of aromatic amines is 1. The third-order valence-electron chi connectivity index (χ3n) is 3.38. The summed E-state index contributed by atoms with van der Waals surface area (Å²) >= 11 is 0. The summed E-state index contributed by atoms with van der Waals surface area (Å²) in [6.07, 6.45) is 7.53. The molecule has 1 aliphatic rings. The van der Waals surface area contributed by atoms with Gasteiger partial charge in [-0.1, -0.05) is 0 Å². The van der Waals surface area contributed by atoms with Crippen LogP contribution < -0.4 is 5.32 Å². The molecule has 17 heavy (non-hydrogen) atoms. The smallest absolute Gasteiger partial charge is 0.137 e. The first-order valence-electron chi connectivity index (χ1n) is 6.28. The molecule has 0 spiro atoms. The van der Waals surface area contributed by atoms with Crippen LogP contribution in [0.5, 0.6) is 0 Å². The van der Waals surface area contributed by atoms with E-state index < -0.39 is 0 Å². The molecule has 0 fully saturated rings. The maximum absolute atomic E-state index is 4.35. The lowest BCUT2D eigenvalue weighted by atomic mass is 10.0. The van der Waals surface area contributed by atoms with Crippen LogP contribution in [0.15, 0.2) is 30.2 Å². The lowest BCUT2D eigenvalue weighted by molar-refractivity contribution is 0.790. The Hall–Kier alpha value is -1.77. The lowest BCUT2D eigenvalue weighted by Gasteiger charge is -2.07. The van der Waals surface area contributed by atoms with E-state index in [0.29, 0.717) is 0 Å². The number of hydrogen-bond donors (Lipinski definition) is 2. The number of aromatic nitrogens is 2. The van der Waals surface area contributed by atoms with E-state index in [1.165, 1.54) is 41.5 Å². The van der Waals surface area contributed by atoms with Crippen LogP contribution in [0.2, 0.25) is 0 Å². The molecule has 3 rings (SSSR count). The van der Waals surface area contributed by atoms with E-state index in [2.05, 4.69) is 34.5 Å². The van der Waals surface area contributed by atoms with Crippen LogP contribution in [0.4, 0.5) is 0 Å². The number of rotatable bonds is 3. The third-order valence-corrected chi connectivity index (χ3v) is 3.38. The molecule has 88 valence electrons. The molecule has 2 aromatic rings. The van der Waals surface area contributed by atoms with Crippen LogP contribution >= 0.6 is 0 Å². The second-order valence-electron chi connectivity index (χ2n) is 4.44. The van der Waals surface area contributed by atoms with Crippen molar-refractivity contribution in [1.82, 2.24) is 15.3 Å². The van der Waals surface area contributed by atoms with Gasteiger partial charge in [-0.05, 0) is 43.9 Å². The van der Waals surface area contributed by atoms with Crippen molar-refractivity contribution in [2.45, 2.75) is 26.2 Å². The summed E-state index contributed by atoms with van der Waals surface area (Å²) in [6, 6.07) is 4.14. The minimum absolute atomic E-state index is 0.984. The molecular weight excluding hydrogens is 210 g/mol. The van der Waals surface area contributed by atoms with Gasteiger partial charge in [0.2, 0.25) is 0 Å². The monoisotopic (exact) mass is 227 g/mol. The molecule has 1 aliphatic carbocycles. The Labute approximate surface area is 101 Å². The zero-order chi connectivity index (χ0) is 11.7. The van der Waals surface area contributed by atoms with Crippen LogP contribution in [-0.2, 0) is 0 Å². The number of H-pyrrole nitrogens is 1. The SMILES string of the molecule is CCNC1=C(c2c[nH]c3ncccc23)CCC1. The number of hydrogen-bond acceptors (Lipinski definition) is 2. The Morgan fingerprint density at radius 3 is 3.24 bits per heavy atom. The van der Waals surface area contributed by atoms with Crippen LogP contribution in [0.3, 0.4) is 0 Å². The number of nitrogens with zero attached hydrogens (tertiary/aromatic N) is 1. The van der Waals surface area contributed by atoms with Gasteiger partial charge in [-0.25, -0.2) is 4.98 Å². The van der Waals surface area contributed by atoms with Crippen molar-refractivity contribution >= 4 is 16.6 Å². The summed E-state index contributed by atoms with van der Waals surface area (Å²) in [4.78, 5) is 7.60. The van der Waals surface area contributed by atoms with Crippen molar-refractivity contribution in [2.75, 3.05) is 6.54 Å². The average molecular weight is 227 g/mol. The number of nitrogens with one attached hydrogen (secondary N) is 2. The number of fused-ring (bicyclic) bond motifs is 1. The molecule has 3 heteroatoms. The first kappa shape index (κ1) is 10.4. The van der Waals surface area contributed by atoms with Gasteiger partial charge >= 0.3 is 0 Å². The van der Waals surface area contributed by atoms with Crippen molar-refractivity contribution < 1.29 is 0 Å². The molecule has 0 aliphatic heterocycles. The Morgan fingerprint density at radius 2 is 2.35 bits per heavy atom. The highest BCUT2D eigenvalue weighted by molar-refractivity contribution is 5.91. The van der Waals surface area contributed by atoms with Gasteiger partial charge in [-0.3, -0.25) is 0 Å². The highest BCUT2D eigenvalue weighted by atomic mass is 14.9. The Bertz CT molecular complexity index is 566. The summed E-state index contributed by atoms with van der Waals surface area (Å²) in [5, 5.41) is 4.73. The first-order chi connectivity index (χ1) is 8.40. The van der Waals surface area contributed by atoms with Crippen LogP contribution in [0.25, 0.3) is 16.6 Å². The van der Waals surface area contributed by atoms with Gasteiger partial charge in [0.25, 0.3) is 0 Å². The number of pyridine rings is 1. The van der Waals surface area contributed by atoms with Crippen molar-refractivity contribution in [3.63, 3.8) is 0 Å². The largest absolute Gasteiger partial charge is 0.388 e. The quantitative estimate of drug-likeness (QED) is 0.846. The normalized spacial score (nSPS) is 15.8. The van der Waals surface area contributed by atoms with Crippen molar-refractivity contribution in [3.8, 4) is 0 Å². The van der Waals surface area contributed by atoms with Gasteiger partial charge in [0.05, 0.1) is 0 Å². The van der Waals surface area contributed by atoms with Crippen LogP contribution in [-0.4, -0.2) is 16.5 Å². The van der Waals surface area contributed by atoms with Gasteiger partial charge in [0.1, 0.15) is 5.65 Å². The standard InChI is InChI=1S/C14H17N3/c1-2-15-13-7-3-5-10(13)12-9-17-14-11(12)6-4-8-16-14/h4,6,8-9,15H,2-3,5,7H2,1H3,(H,16,17). The van der Waals surface area contributed by atoms with Gasteiger partial charge in [-0.15, -0.1) is 0 Å².